The van der Waals surface area contributed by atoms with Crippen LogP contribution in [0, 0.1) is 13.8 Å². The van der Waals surface area contributed by atoms with Gasteiger partial charge in [-0.3, -0.25) is 19.3 Å². The first kappa shape index (κ1) is 23.8. The lowest BCUT2D eigenvalue weighted by atomic mass is 10.0. The Hall–Kier alpha value is -3.39. The Balaban J connectivity index is 1.68. The monoisotopic (exact) mass is 479 g/mol. The summed E-state index contributed by atoms with van der Waals surface area (Å²) < 4.78 is 5.13. The van der Waals surface area contributed by atoms with Gasteiger partial charge in [-0.25, -0.2) is 0 Å². The fourth-order valence-electron chi connectivity index (χ4n) is 4.32. The molecule has 3 amide bonds. The standard InChI is InChI=1S/C26H29N3O4S/c1-17-8-5-11-20(18(17)2)29(23(30)16-27-25(31)21-12-6-14-33-21)24(22-13-7-15-34-22)26(32)28-19-9-3-4-10-19/h5-8,11-15,19,24H,3-4,9-10,16H2,1-2H3,(H,27,31)(H,28,32)/t24-/m1/s1. The van der Waals surface area contributed by atoms with Crippen molar-refractivity contribution in [2.45, 2.75) is 51.6 Å². The molecule has 178 valence electrons. The predicted molar refractivity (Wildman–Crippen MR) is 132 cm³/mol. The predicted octanol–water partition coefficient (Wildman–Crippen LogP) is 4.52. The van der Waals surface area contributed by atoms with Gasteiger partial charge in [-0.05, 0) is 67.5 Å². The van der Waals surface area contributed by atoms with E-state index in [1.54, 1.807) is 6.07 Å². The minimum absolute atomic E-state index is 0.115. The first-order valence-corrected chi connectivity index (χ1v) is 12.4. The van der Waals surface area contributed by atoms with Crippen molar-refractivity contribution in [1.82, 2.24) is 10.6 Å². The molecule has 2 heterocycles. The fraction of sp³-hybridized carbons (Fsp3) is 0.346. The first-order valence-electron chi connectivity index (χ1n) is 11.5. The zero-order chi connectivity index (χ0) is 24.1. The van der Waals surface area contributed by atoms with E-state index < -0.39 is 11.9 Å². The first-order chi connectivity index (χ1) is 16.5. The second kappa shape index (κ2) is 10.7. The van der Waals surface area contributed by atoms with Gasteiger partial charge in [0.1, 0.15) is 6.04 Å². The van der Waals surface area contributed by atoms with Crippen LogP contribution < -0.4 is 15.5 Å². The maximum absolute atomic E-state index is 13.7. The van der Waals surface area contributed by atoms with E-state index in [-0.39, 0.29) is 30.2 Å². The van der Waals surface area contributed by atoms with Crippen molar-refractivity contribution < 1.29 is 18.8 Å². The molecule has 4 rings (SSSR count). The molecule has 0 aliphatic heterocycles. The van der Waals surface area contributed by atoms with Gasteiger partial charge in [0.2, 0.25) is 11.8 Å². The lowest BCUT2D eigenvalue weighted by molar-refractivity contribution is -0.126. The average molecular weight is 480 g/mol. The van der Waals surface area contributed by atoms with Crippen LogP contribution in [0.1, 0.15) is 58.3 Å². The van der Waals surface area contributed by atoms with Gasteiger partial charge >= 0.3 is 0 Å². The Morgan fingerprint density at radius 1 is 1.09 bits per heavy atom. The molecule has 1 aliphatic carbocycles. The summed E-state index contributed by atoms with van der Waals surface area (Å²) in [6.07, 6.45) is 5.47. The van der Waals surface area contributed by atoms with Crippen molar-refractivity contribution in [3.63, 3.8) is 0 Å². The topological polar surface area (TPSA) is 91.7 Å². The Morgan fingerprint density at radius 2 is 1.88 bits per heavy atom. The summed E-state index contributed by atoms with van der Waals surface area (Å²) in [7, 11) is 0. The molecular weight excluding hydrogens is 450 g/mol. The van der Waals surface area contributed by atoms with Crippen molar-refractivity contribution in [1.29, 1.82) is 0 Å². The van der Waals surface area contributed by atoms with E-state index >= 15 is 0 Å². The zero-order valence-electron chi connectivity index (χ0n) is 19.4. The van der Waals surface area contributed by atoms with E-state index in [0.29, 0.717) is 5.69 Å². The normalized spacial score (nSPS) is 14.5. The van der Waals surface area contributed by atoms with E-state index in [2.05, 4.69) is 10.6 Å². The number of carbonyl (C=O) groups excluding carboxylic acids is 3. The number of carbonyl (C=O) groups is 3. The Bertz CT molecular complexity index is 1140. The highest BCUT2D eigenvalue weighted by atomic mass is 32.1. The van der Waals surface area contributed by atoms with Gasteiger partial charge in [0.15, 0.2) is 5.76 Å². The molecule has 0 saturated heterocycles. The zero-order valence-corrected chi connectivity index (χ0v) is 20.2. The molecule has 0 unspecified atom stereocenters. The number of nitrogens with one attached hydrogen (secondary N) is 2. The number of hydrogen-bond donors (Lipinski definition) is 2. The molecule has 1 atom stereocenters. The largest absolute Gasteiger partial charge is 0.459 e. The lowest BCUT2D eigenvalue weighted by Gasteiger charge is -2.33. The molecular formula is C26H29N3O4S. The van der Waals surface area contributed by atoms with Crippen molar-refractivity contribution in [3.8, 4) is 0 Å². The van der Waals surface area contributed by atoms with Crippen molar-refractivity contribution >= 4 is 34.7 Å². The minimum Gasteiger partial charge on any atom is -0.459 e. The van der Waals surface area contributed by atoms with E-state index in [1.807, 2.05) is 49.6 Å². The summed E-state index contributed by atoms with van der Waals surface area (Å²) in [5.41, 5.74) is 2.57. The Kier molecular flexibility index (Phi) is 7.47. The molecule has 1 fully saturated rings. The van der Waals surface area contributed by atoms with Crippen LogP contribution in [0.25, 0.3) is 0 Å². The minimum atomic E-state index is -0.839. The van der Waals surface area contributed by atoms with Crippen molar-refractivity contribution in [3.05, 3.63) is 75.9 Å². The molecule has 3 aromatic rings. The van der Waals surface area contributed by atoms with Crippen LogP contribution in [-0.4, -0.2) is 30.3 Å². The van der Waals surface area contributed by atoms with Gasteiger partial charge in [-0.15, -0.1) is 11.3 Å². The highest BCUT2D eigenvalue weighted by Gasteiger charge is 2.35. The van der Waals surface area contributed by atoms with Crippen LogP contribution in [0.15, 0.2) is 58.5 Å². The van der Waals surface area contributed by atoms with Gasteiger partial charge in [0.25, 0.3) is 5.91 Å². The Labute approximate surface area is 203 Å². The van der Waals surface area contributed by atoms with Crippen LogP contribution in [0.4, 0.5) is 5.69 Å². The number of rotatable bonds is 8. The van der Waals surface area contributed by atoms with Crippen LogP contribution in [0.2, 0.25) is 0 Å². The summed E-state index contributed by atoms with van der Waals surface area (Å²) in [4.78, 5) is 42.0. The number of amides is 3. The smallest absolute Gasteiger partial charge is 0.287 e. The van der Waals surface area contributed by atoms with Crippen molar-refractivity contribution in [2.24, 2.45) is 0 Å². The number of thiophene rings is 1. The molecule has 1 aromatic carbocycles. The molecule has 34 heavy (non-hydrogen) atoms. The summed E-state index contributed by atoms with van der Waals surface area (Å²) in [6, 6.07) is 11.9. The maximum atomic E-state index is 13.7. The quantitative estimate of drug-likeness (QED) is 0.497. The van der Waals surface area contributed by atoms with Gasteiger partial charge in [-0.1, -0.05) is 31.0 Å². The van der Waals surface area contributed by atoms with Gasteiger partial charge in [-0.2, -0.15) is 0 Å². The number of furan rings is 1. The molecule has 0 bridgehead atoms. The highest BCUT2D eigenvalue weighted by molar-refractivity contribution is 7.10. The molecule has 0 spiro atoms. The highest BCUT2D eigenvalue weighted by Crippen LogP contribution is 2.34. The molecule has 1 aliphatic rings. The van der Waals surface area contributed by atoms with E-state index in [9.17, 15) is 14.4 Å². The van der Waals surface area contributed by atoms with Crippen molar-refractivity contribution in [2.75, 3.05) is 11.4 Å². The van der Waals surface area contributed by atoms with Crippen LogP contribution in [0.3, 0.4) is 0 Å². The molecule has 0 radical (unpaired) electrons. The lowest BCUT2D eigenvalue weighted by Crippen LogP contribution is -2.49. The van der Waals surface area contributed by atoms with Crippen LogP contribution >= 0.6 is 11.3 Å². The van der Waals surface area contributed by atoms with Crippen LogP contribution in [-0.2, 0) is 9.59 Å². The third-order valence-corrected chi connectivity index (χ3v) is 7.19. The molecule has 1 saturated carbocycles. The van der Waals surface area contributed by atoms with E-state index in [1.165, 1.54) is 28.6 Å². The second-order valence-corrected chi connectivity index (χ2v) is 9.53. The summed E-state index contributed by atoms with van der Waals surface area (Å²) in [6.45, 7) is 3.64. The van der Waals surface area contributed by atoms with E-state index in [0.717, 1.165) is 41.7 Å². The molecule has 8 heteroatoms. The molecule has 7 nitrogen and oxygen atoms in total. The maximum Gasteiger partial charge on any atom is 0.287 e. The molecule has 2 N–H and O–H groups in total. The third-order valence-electron chi connectivity index (χ3n) is 6.27. The summed E-state index contributed by atoms with van der Waals surface area (Å²) in [5, 5.41) is 7.69. The number of benzene rings is 1. The van der Waals surface area contributed by atoms with Gasteiger partial charge in [0.05, 0.1) is 12.8 Å². The van der Waals surface area contributed by atoms with Gasteiger partial charge in [0, 0.05) is 16.6 Å². The summed E-state index contributed by atoms with van der Waals surface area (Å²) in [5.74, 6) is -0.947. The number of aryl methyl sites for hydroxylation is 1. The number of hydrogen-bond acceptors (Lipinski definition) is 5. The fourth-order valence-corrected chi connectivity index (χ4v) is 5.13. The van der Waals surface area contributed by atoms with Gasteiger partial charge < -0.3 is 15.1 Å². The SMILES string of the molecule is Cc1cccc(N(C(=O)CNC(=O)c2ccco2)[C@@H](C(=O)NC2CCCC2)c2cccs2)c1C. The Morgan fingerprint density at radius 3 is 2.56 bits per heavy atom. The number of anilines is 1. The third kappa shape index (κ3) is 5.22. The number of nitrogens with zero attached hydrogens (tertiary/aromatic N) is 1. The van der Waals surface area contributed by atoms with E-state index in [4.69, 9.17) is 4.42 Å². The second-order valence-electron chi connectivity index (χ2n) is 8.55. The van der Waals surface area contributed by atoms with Crippen LogP contribution in [0.5, 0.6) is 0 Å². The summed E-state index contributed by atoms with van der Waals surface area (Å²) >= 11 is 1.43. The molecule has 2 aromatic heterocycles. The average Bonchev–Trinajstić information content (AvgIpc) is 3.61.